The van der Waals surface area contributed by atoms with Gasteiger partial charge >= 0.3 is 0 Å². The van der Waals surface area contributed by atoms with Crippen molar-refractivity contribution in [2.75, 3.05) is 23.8 Å². The standard InChI is InChI=1S/C17H20N2O2S.2C4H9.Al.H/c1-3-20-15-9-5-13(6-10-15)18-17(22)19-14-7-11-16(12-8-14)21-4-2;2*1-3-4-2;;/h5-12H,3-4H2,1-2H3,(H2,18,19,22);2*1,3-4H2,2H3;;. The van der Waals surface area contributed by atoms with E-state index in [0.717, 1.165) is 22.9 Å². The van der Waals surface area contributed by atoms with Crippen molar-refractivity contribution in [2.24, 2.45) is 0 Å². The maximum absolute atomic E-state index is 5.40. The minimum atomic E-state index is 0.389. The molecular formula is C25H39AlN2O2S. The summed E-state index contributed by atoms with van der Waals surface area (Å²) in [6.07, 6.45) is 5.80. The van der Waals surface area contributed by atoms with Crippen LogP contribution >= 0.6 is 12.2 Å². The number of thiocarbonyl (C=S) groups is 1. The van der Waals surface area contributed by atoms with Crippen molar-refractivity contribution < 1.29 is 9.47 Å². The third kappa shape index (κ3) is 13.3. The van der Waals surface area contributed by atoms with Crippen molar-refractivity contribution in [1.82, 2.24) is 0 Å². The molecule has 170 valence electrons. The highest BCUT2D eigenvalue weighted by atomic mass is 32.1. The first-order chi connectivity index (χ1) is 15.1. The third-order valence-electron chi connectivity index (χ3n) is 4.55. The van der Waals surface area contributed by atoms with Gasteiger partial charge in [-0.3, -0.25) is 0 Å². The van der Waals surface area contributed by atoms with Crippen LogP contribution in [0.15, 0.2) is 48.5 Å². The van der Waals surface area contributed by atoms with Crippen LogP contribution in [0.5, 0.6) is 11.5 Å². The van der Waals surface area contributed by atoms with Gasteiger partial charge in [0.15, 0.2) is 5.11 Å². The average Bonchev–Trinajstić information content (AvgIpc) is 2.77. The Bertz CT molecular complexity index is 649. The second kappa shape index (κ2) is 17.9. The number of benzene rings is 2. The molecule has 0 saturated heterocycles. The van der Waals surface area contributed by atoms with Crippen LogP contribution in [-0.2, 0) is 0 Å². The summed E-state index contributed by atoms with van der Waals surface area (Å²) in [5.41, 5.74) is 1.82. The lowest BCUT2D eigenvalue weighted by Gasteiger charge is -2.12. The summed E-state index contributed by atoms with van der Waals surface area (Å²) in [4.78, 5) is 0. The SMILES string of the molecule is CCC[CH2][AlH][CH2]CCC.CCOc1ccc(NC(=S)Nc2ccc(OCC)cc2)cc1. The second-order valence-electron chi connectivity index (χ2n) is 7.26. The van der Waals surface area contributed by atoms with Crippen molar-refractivity contribution in [3.05, 3.63) is 48.5 Å². The van der Waals surface area contributed by atoms with E-state index in [1.807, 2.05) is 62.4 Å². The lowest BCUT2D eigenvalue weighted by atomic mass is 10.3. The second-order valence-corrected chi connectivity index (χ2v) is 9.79. The van der Waals surface area contributed by atoms with Gasteiger partial charge < -0.3 is 20.1 Å². The highest BCUT2D eigenvalue weighted by molar-refractivity contribution is 7.80. The summed E-state index contributed by atoms with van der Waals surface area (Å²) in [5, 5.41) is 9.99. The summed E-state index contributed by atoms with van der Waals surface area (Å²) in [5.74, 6) is 1.69. The number of rotatable bonds is 12. The Hall–Kier alpha value is -1.74. The average molecular weight is 459 g/mol. The Morgan fingerprint density at radius 2 is 1.10 bits per heavy atom. The van der Waals surface area contributed by atoms with Crippen LogP contribution in [0.1, 0.15) is 53.4 Å². The van der Waals surface area contributed by atoms with E-state index in [9.17, 15) is 0 Å². The van der Waals surface area contributed by atoms with Crippen LogP contribution < -0.4 is 20.1 Å². The fraction of sp³-hybridized carbons (Fsp3) is 0.480. The van der Waals surface area contributed by atoms with Gasteiger partial charge in [-0.2, -0.15) is 0 Å². The molecule has 0 aromatic heterocycles. The molecular weight excluding hydrogens is 419 g/mol. The maximum Gasteiger partial charge on any atom is 0.236 e. The van der Waals surface area contributed by atoms with E-state index in [1.165, 1.54) is 25.7 Å². The van der Waals surface area contributed by atoms with Gasteiger partial charge in [0.05, 0.1) is 13.2 Å². The molecule has 0 aliphatic carbocycles. The van der Waals surface area contributed by atoms with Crippen molar-refractivity contribution >= 4 is 43.9 Å². The molecule has 0 heterocycles. The Kier molecular flexibility index (Phi) is 15.8. The van der Waals surface area contributed by atoms with Gasteiger partial charge in [-0.15, -0.1) is 0 Å². The van der Waals surface area contributed by atoms with Crippen LogP contribution in [0, 0.1) is 0 Å². The van der Waals surface area contributed by atoms with Gasteiger partial charge in [0.25, 0.3) is 0 Å². The molecule has 0 spiro atoms. The molecule has 6 heteroatoms. The van der Waals surface area contributed by atoms with E-state index in [1.54, 1.807) is 10.6 Å². The molecule has 0 aliphatic rings. The summed E-state index contributed by atoms with van der Waals surface area (Å²) < 4.78 is 10.8. The molecule has 2 rings (SSSR count). The molecule has 0 saturated carbocycles. The highest BCUT2D eigenvalue weighted by Crippen LogP contribution is 2.18. The van der Waals surface area contributed by atoms with Crippen LogP contribution in [0.2, 0.25) is 10.6 Å². The maximum atomic E-state index is 5.40. The van der Waals surface area contributed by atoms with Gasteiger partial charge in [0, 0.05) is 11.4 Å². The quantitative estimate of drug-likeness (QED) is 0.201. The minimum absolute atomic E-state index is 0.389. The van der Waals surface area contributed by atoms with Gasteiger partial charge in [-0.1, -0.05) is 50.1 Å². The summed E-state index contributed by atoms with van der Waals surface area (Å²) in [6, 6.07) is 15.3. The molecule has 4 nitrogen and oxygen atoms in total. The van der Waals surface area contributed by atoms with Crippen molar-refractivity contribution in [2.45, 2.75) is 63.9 Å². The van der Waals surface area contributed by atoms with Gasteiger partial charge in [-0.05, 0) is 74.6 Å². The third-order valence-corrected chi connectivity index (χ3v) is 6.76. The predicted octanol–water partition coefficient (Wildman–Crippen LogP) is 7.15. The van der Waals surface area contributed by atoms with Gasteiger partial charge in [-0.25, -0.2) is 0 Å². The van der Waals surface area contributed by atoms with E-state index in [-0.39, 0.29) is 0 Å². The first-order valence-corrected chi connectivity index (χ1v) is 14.1. The van der Waals surface area contributed by atoms with E-state index < -0.39 is 0 Å². The lowest BCUT2D eigenvalue weighted by molar-refractivity contribution is 0.340. The molecule has 2 N–H and O–H groups in total. The Morgan fingerprint density at radius 1 is 0.710 bits per heavy atom. The Morgan fingerprint density at radius 3 is 1.42 bits per heavy atom. The molecule has 0 amide bonds. The van der Waals surface area contributed by atoms with Gasteiger partial charge in [0.2, 0.25) is 15.2 Å². The van der Waals surface area contributed by atoms with E-state index in [2.05, 4.69) is 24.5 Å². The van der Waals surface area contributed by atoms with Crippen molar-refractivity contribution in [3.8, 4) is 11.5 Å². The molecule has 0 aliphatic heterocycles. The number of hydrogen-bond donors (Lipinski definition) is 2. The van der Waals surface area contributed by atoms with E-state index in [0.29, 0.717) is 33.5 Å². The molecule has 0 atom stereocenters. The zero-order valence-electron chi connectivity index (χ0n) is 19.7. The molecule has 0 fully saturated rings. The fourth-order valence-electron chi connectivity index (χ4n) is 2.93. The van der Waals surface area contributed by atoms with Crippen LogP contribution in [-0.4, -0.2) is 33.5 Å². The zero-order chi connectivity index (χ0) is 22.7. The zero-order valence-corrected chi connectivity index (χ0v) is 21.9. The normalized spacial score (nSPS) is 9.81. The van der Waals surface area contributed by atoms with E-state index >= 15 is 0 Å². The monoisotopic (exact) mass is 458 g/mol. The summed E-state index contributed by atoms with van der Waals surface area (Å²) in [7, 11) is 0. The summed E-state index contributed by atoms with van der Waals surface area (Å²) >= 11 is 5.69. The highest BCUT2D eigenvalue weighted by Gasteiger charge is 2.00. The fourth-order valence-corrected chi connectivity index (χ4v) is 5.22. The van der Waals surface area contributed by atoms with Gasteiger partial charge in [0.1, 0.15) is 11.5 Å². The smallest absolute Gasteiger partial charge is 0.236 e. The lowest BCUT2D eigenvalue weighted by Crippen LogP contribution is -2.18. The topological polar surface area (TPSA) is 42.5 Å². The number of anilines is 2. The Balaban J connectivity index is 0.000000452. The predicted molar refractivity (Wildman–Crippen MR) is 142 cm³/mol. The van der Waals surface area contributed by atoms with Crippen LogP contribution in [0.4, 0.5) is 11.4 Å². The van der Waals surface area contributed by atoms with Crippen molar-refractivity contribution in [3.63, 3.8) is 0 Å². The Labute approximate surface area is 200 Å². The first kappa shape index (κ1) is 27.3. The molecule has 0 unspecified atom stereocenters. The number of unbranched alkanes of at least 4 members (excludes halogenated alkanes) is 2. The first-order valence-electron chi connectivity index (χ1n) is 11.7. The molecule has 31 heavy (non-hydrogen) atoms. The minimum Gasteiger partial charge on any atom is -0.494 e. The molecule has 0 radical (unpaired) electrons. The number of hydrogen-bond acceptors (Lipinski definition) is 3. The number of ether oxygens (including phenoxy) is 2. The van der Waals surface area contributed by atoms with Crippen LogP contribution in [0.25, 0.3) is 0 Å². The largest absolute Gasteiger partial charge is 0.494 e. The summed E-state index contributed by atoms with van der Waals surface area (Å²) in [6.45, 7) is 9.81. The molecule has 2 aromatic rings. The van der Waals surface area contributed by atoms with E-state index in [4.69, 9.17) is 21.7 Å². The number of nitrogens with one attached hydrogen (secondary N) is 2. The molecule has 2 aromatic carbocycles. The molecule has 0 bridgehead atoms. The van der Waals surface area contributed by atoms with Crippen LogP contribution in [0.3, 0.4) is 0 Å². The van der Waals surface area contributed by atoms with Crippen molar-refractivity contribution in [1.29, 1.82) is 0 Å².